The molecule has 186 valence electrons. The summed E-state index contributed by atoms with van der Waals surface area (Å²) in [5.41, 5.74) is 10.4. The highest BCUT2D eigenvalue weighted by molar-refractivity contribution is 6.74. The minimum atomic E-state index is -2.19. The third kappa shape index (κ3) is 7.15. The largest absolute Gasteiger partial charge is 0.408 e. The van der Waals surface area contributed by atoms with E-state index in [1.165, 1.54) is 0 Å². The van der Waals surface area contributed by atoms with Gasteiger partial charge in [-0.3, -0.25) is 0 Å². The molecule has 0 aliphatic carbocycles. The van der Waals surface area contributed by atoms with Crippen LogP contribution in [0.3, 0.4) is 0 Å². The van der Waals surface area contributed by atoms with Crippen molar-refractivity contribution in [1.29, 1.82) is 0 Å². The molecule has 0 saturated carbocycles. The summed E-state index contributed by atoms with van der Waals surface area (Å²) in [6, 6.07) is 9.47. The number of nitrogens with zero attached hydrogens (tertiary/aromatic N) is 3. The third-order valence-electron chi connectivity index (χ3n) is 7.33. The Morgan fingerprint density at radius 3 is 2.00 bits per heavy atom. The molecule has 7 nitrogen and oxygen atoms in total. The standard InChI is InChI=1S/C24H43N3O4Si2/c1-23(2,3)32(7,8)30-21-20(26-27-25)19(17-28-16-18-14-12-11-13-15-18)29-22(21)31-33(9,10)24(4,5)6/h11-15,19-22H,16-17H2,1-10H3/t19-,20?,21+,22-/m1/s1. The Kier molecular flexibility index (Phi) is 9.01. The molecule has 0 amide bonds. The van der Waals surface area contributed by atoms with E-state index in [0.29, 0.717) is 13.2 Å². The smallest absolute Gasteiger partial charge is 0.195 e. The van der Waals surface area contributed by atoms with Gasteiger partial charge in [0.05, 0.1) is 25.4 Å². The average Bonchev–Trinajstić information content (AvgIpc) is 2.97. The first kappa shape index (κ1) is 28.0. The Morgan fingerprint density at radius 2 is 1.48 bits per heavy atom. The van der Waals surface area contributed by atoms with Crippen molar-refractivity contribution in [3.05, 3.63) is 46.3 Å². The molecule has 1 heterocycles. The van der Waals surface area contributed by atoms with Crippen LogP contribution >= 0.6 is 0 Å². The highest BCUT2D eigenvalue weighted by atomic mass is 28.4. The Bertz CT molecular complexity index is 815. The molecule has 9 heteroatoms. The second kappa shape index (κ2) is 10.6. The molecule has 0 N–H and O–H groups in total. The van der Waals surface area contributed by atoms with Gasteiger partial charge in [-0.15, -0.1) is 0 Å². The van der Waals surface area contributed by atoms with Gasteiger partial charge < -0.3 is 18.3 Å². The molecule has 1 saturated heterocycles. The molecule has 1 aliphatic heterocycles. The maximum Gasteiger partial charge on any atom is 0.195 e. The first-order valence-corrected chi connectivity index (χ1v) is 17.6. The van der Waals surface area contributed by atoms with Crippen molar-refractivity contribution < 1.29 is 18.3 Å². The summed E-state index contributed by atoms with van der Waals surface area (Å²) in [4.78, 5) is 3.14. The Hall–Kier alpha value is -1.20. The molecule has 1 aliphatic rings. The lowest BCUT2D eigenvalue weighted by atomic mass is 10.1. The first-order chi connectivity index (χ1) is 15.1. The van der Waals surface area contributed by atoms with E-state index in [-0.39, 0.29) is 10.1 Å². The lowest BCUT2D eigenvalue weighted by molar-refractivity contribution is -0.126. The lowest BCUT2D eigenvalue weighted by Crippen LogP contribution is -2.52. The van der Waals surface area contributed by atoms with Gasteiger partial charge in [-0.25, -0.2) is 0 Å². The van der Waals surface area contributed by atoms with E-state index in [1.807, 2.05) is 30.3 Å². The van der Waals surface area contributed by atoms with Gasteiger partial charge in [0.1, 0.15) is 6.10 Å². The summed E-state index contributed by atoms with van der Waals surface area (Å²) in [6.07, 6.45) is -1.50. The van der Waals surface area contributed by atoms with E-state index in [2.05, 4.69) is 77.8 Å². The minimum Gasteiger partial charge on any atom is -0.408 e. The van der Waals surface area contributed by atoms with Crippen molar-refractivity contribution >= 4 is 16.6 Å². The fourth-order valence-corrected chi connectivity index (χ4v) is 5.52. The number of hydrogen-bond acceptors (Lipinski definition) is 5. The van der Waals surface area contributed by atoms with Crippen molar-refractivity contribution in [3.63, 3.8) is 0 Å². The van der Waals surface area contributed by atoms with Crippen LogP contribution in [0, 0.1) is 0 Å². The Morgan fingerprint density at radius 1 is 0.939 bits per heavy atom. The number of azide groups is 1. The quantitative estimate of drug-likeness (QED) is 0.160. The van der Waals surface area contributed by atoms with Crippen LogP contribution in [-0.4, -0.2) is 47.8 Å². The summed E-state index contributed by atoms with van der Waals surface area (Å²) >= 11 is 0. The molecule has 2 rings (SSSR count). The molecule has 4 atom stereocenters. The fraction of sp³-hybridized carbons (Fsp3) is 0.750. The molecular weight excluding hydrogens is 450 g/mol. The van der Waals surface area contributed by atoms with Crippen LogP contribution in [0.4, 0.5) is 0 Å². The molecule has 1 aromatic carbocycles. The highest BCUT2D eigenvalue weighted by Gasteiger charge is 2.53. The van der Waals surface area contributed by atoms with Crippen LogP contribution in [0.5, 0.6) is 0 Å². The predicted octanol–water partition coefficient (Wildman–Crippen LogP) is 7.02. The zero-order valence-electron chi connectivity index (χ0n) is 22.1. The number of hydrogen-bond donors (Lipinski definition) is 0. The van der Waals surface area contributed by atoms with Crippen molar-refractivity contribution in [2.75, 3.05) is 6.61 Å². The van der Waals surface area contributed by atoms with Gasteiger partial charge in [-0.2, -0.15) is 0 Å². The maximum absolute atomic E-state index is 9.36. The van der Waals surface area contributed by atoms with Crippen molar-refractivity contribution in [2.45, 2.75) is 109 Å². The first-order valence-electron chi connectivity index (χ1n) is 11.8. The van der Waals surface area contributed by atoms with E-state index >= 15 is 0 Å². The monoisotopic (exact) mass is 493 g/mol. The van der Waals surface area contributed by atoms with Crippen LogP contribution in [0.1, 0.15) is 47.1 Å². The molecule has 1 aromatic rings. The van der Waals surface area contributed by atoms with Gasteiger partial charge in [0.25, 0.3) is 0 Å². The lowest BCUT2D eigenvalue weighted by Gasteiger charge is -2.43. The molecular formula is C24H43N3O4Si2. The van der Waals surface area contributed by atoms with Crippen LogP contribution in [0.15, 0.2) is 35.4 Å². The molecule has 33 heavy (non-hydrogen) atoms. The summed E-state index contributed by atoms with van der Waals surface area (Å²) in [5.74, 6) is 0. The van der Waals surface area contributed by atoms with Gasteiger partial charge in [0, 0.05) is 4.91 Å². The normalized spacial score (nSPS) is 24.5. The third-order valence-corrected chi connectivity index (χ3v) is 16.2. The Balaban J connectivity index is 2.29. The van der Waals surface area contributed by atoms with E-state index in [9.17, 15) is 5.53 Å². The highest BCUT2D eigenvalue weighted by Crippen LogP contribution is 2.43. The van der Waals surface area contributed by atoms with E-state index in [0.717, 1.165) is 5.56 Å². The number of benzene rings is 1. The summed E-state index contributed by atoms with van der Waals surface area (Å²) in [7, 11) is -4.35. The molecule has 1 fully saturated rings. The molecule has 0 bridgehead atoms. The number of ether oxygens (including phenoxy) is 2. The fourth-order valence-electron chi connectivity index (χ4n) is 3.11. The van der Waals surface area contributed by atoms with Crippen LogP contribution in [-0.2, 0) is 24.9 Å². The van der Waals surface area contributed by atoms with E-state index < -0.39 is 41.2 Å². The van der Waals surface area contributed by atoms with Crippen LogP contribution in [0.25, 0.3) is 10.4 Å². The number of rotatable bonds is 9. The molecule has 1 unspecified atom stereocenters. The predicted molar refractivity (Wildman–Crippen MR) is 138 cm³/mol. The zero-order valence-corrected chi connectivity index (χ0v) is 24.1. The van der Waals surface area contributed by atoms with Gasteiger partial charge in [-0.1, -0.05) is 77.0 Å². The van der Waals surface area contributed by atoms with Gasteiger partial charge >= 0.3 is 0 Å². The van der Waals surface area contributed by atoms with Gasteiger partial charge in [0.2, 0.25) is 0 Å². The van der Waals surface area contributed by atoms with E-state index in [1.54, 1.807) is 0 Å². The van der Waals surface area contributed by atoms with Gasteiger partial charge in [0.15, 0.2) is 22.9 Å². The topological polar surface area (TPSA) is 85.7 Å². The van der Waals surface area contributed by atoms with E-state index in [4.69, 9.17) is 18.3 Å². The van der Waals surface area contributed by atoms with Crippen molar-refractivity contribution in [2.24, 2.45) is 5.11 Å². The van der Waals surface area contributed by atoms with Crippen molar-refractivity contribution in [3.8, 4) is 0 Å². The molecule has 0 aromatic heterocycles. The second-order valence-electron chi connectivity index (χ2n) is 12.0. The summed E-state index contributed by atoms with van der Waals surface area (Å²) in [5, 5.41) is 4.13. The minimum absolute atomic E-state index is 0.00265. The maximum atomic E-state index is 9.36. The Labute approximate surface area is 202 Å². The average molecular weight is 494 g/mol. The van der Waals surface area contributed by atoms with Crippen molar-refractivity contribution in [1.82, 2.24) is 0 Å². The SMILES string of the molecule is CC(C)(C)[Si](C)(C)O[C@H]1O[C@H](COCc2ccccc2)C(N=[N+]=[N-])[C@@H]1O[Si](C)(C)C(C)(C)C. The van der Waals surface area contributed by atoms with Crippen LogP contribution in [0.2, 0.25) is 36.3 Å². The molecule has 0 spiro atoms. The van der Waals surface area contributed by atoms with Gasteiger partial charge in [-0.05, 0) is 47.4 Å². The zero-order chi connectivity index (χ0) is 25.1. The summed E-state index contributed by atoms with van der Waals surface area (Å²) in [6.45, 7) is 22.7. The van der Waals surface area contributed by atoms with Crippen LogP contribution < -0.4 is 0 Å². The molecule has 0 radical (unpaired) electrons. The second-order valence-corrected chi connectivity index (χ2v) is 21.5. The summed E-state index contributed by atoms with van der Waals surface area (Å²) < 4.78 is 25.8.